The van der Waals surface area contributed by atoms with Crippen molar-refractivity contribution >= 4 is 22.3 Å². The summed E-state index contributed by atoms with van der Waals surface area (Å²) in [5.41, 5.74) is 9.71. The van der Waals surface area contributed by atoms with E-state index in [0.29, 0.717) is 12.2 Å². The lowest BCUT2D eigenvalue weighted by molar-refractivity contribution is 1.13. The van der Waals surface area contributed by atoms with Gasteiger partial charge in [-0.2, -0.15) is 0 Å². The van der Waals surface area contributed by atoms with Gasteiger partial charge in [0, 0.05) is 24.3 Å². The van der Waals surface area contributed by atoms with Gasteiger partial charge in [0.15, 0.2) is 0 Å². The highest BCUT2D eigenvalue weighted by Crippen LogP contribution is 2.27. The molecular formula is C15H14N4. The number of rotatable bonds is 3. The zero-order valence-corrected chi connectivity index (χ0v) is 10.4. The van der Waals surface area contributed by atoms with Gasteiger partial charge >= 0.3 is 0 Å². The van der Waals surface area contributed by atoms with Crippen molar-refractivity contribution in [2.75, 3.05) is 11.1 Å². The zero-order valence-electron chi connectivity index (χ0n) is 10.4. The van der Waals surface area contributed by atoms with E-state index in [0.717, 1.165) is 22.2 Å². The molecule has 3 rings (SSSR count). The minimum Gasteiger partial charge on any atom is -0.396 e. The molecule has 0 amide bonds. The number of nitrogens with one attached hydrogen (secondary N) is 1. The van der Waals surface area contributed by atoms with Crippen molar-refractivity contribution in [3.8, 4) is 0 Å². The molecule has 0 aliphatic carbocycles. The van der Waals surface area contributed by atoms with Gasteiger partial charge in [0.2, 0.25) is 0 Å². The summed E-state index contributed by atoms with van der Waals surface area (Å²) in [6, 6.07) is 11.9. The largest absolute Gasteiger partial charge is 0.396 e. The second kappa shape index (κ2) is 4.94. The lowest BCUT2D eigenvalue weighted by Crippen LogP contribution is -2.04. The van der Waals surface area contributed by atoms with Crippen LogP contribution in [-0.4, -0.2) is 9.97 Å². The lowest BCUT2D eigenvalue weighted by Gasteiger charge is -2.12. The van der Waals surface area contributed by atoms with Crippen LogP contribution in [0.5, 0.6) is 0 Å². The number of benzene rings is 1. The number of fused-ring (bicyclic) bond motifs is 1. The predicted molar refractivity (Wildman–Crippen MR) is 77.7 cm³/mol. The first-order valence-electron chi connectivity index (χ1n) is 6.10. The number of aromatic nitrogens is 2. The molecule has 3 N–H and O–H groups in total. The molecule has 0 atom stereocenters. The molecule has 2 heterocycles. The first-order valence-corrected chi connectivity index (χ1v) is 6.10. The van der Waals surface area contributed by atoms with Gasteiger partial charge in [-0.3, -0.25) is 9.97 Å². The van der Waals surface area contributed by atoms with Gasteiger partial charge in [0.1, 0.15) is 0 Å². The first kappa shape index (κ1) is 11.5. The maximum atomic E-state index is 6.01. The van der Waals surface area contributed by atoms with Crippen LogP contribution in [0.1, 0.15) is 5.56 Å². The Morgan fingerprint density at radius 1 is 1.05 bits per heavy atom. The Kier molecular flexibility index (Phi) is 2.98. The number of nitrogens with two attached hydrogens (primary N) is 1. The molecular weight excluding hydrogens is 236 g/mol. The molecule has 4 heteroatoms. The van der Waals surface area contributed by atoms with Crippen LogP contribution < -0.4 is 11.1 Å². The minimum atomic E-state index is 0.660. The van der Waals surface area contributed by atoms with Crippen molar-refractivity contribution < 1.29 is 0 Å². The fourth-order valence-electron chi connectivity index (χ4n) is 2.05. The maximum absolute atomic E-state index is 6.01. The molecule has 2 aromatic heterocycles. The fourth-order valence-corrected chi connectivity index (χ4v) is 2.05. The molecule has 0 saturated heterocycles. The van der Waals surface area contributed by atoms with Crippen LogP contribution in [-0.2, 0) is 6.54 Å². The van der Waals surface area contributed by atoms with Crippen LogP contribution in [0.15, 0.2) is 55.0 Å². The summed E-state index contributed by atoms with van der Waals surface area (Å²) in [7, 11) is 0. The van der Waals surface area contributed by atoms with Crippen LogP contribution >= 0.6 is 0 Å². The predicted octanol–water partition coefficient (Wildman–Crippen LogP) is 2.82. The van der Waals surface area contributed by atoms with Crippen molar-refractivity contribution in [3.05, 3.63) is 60.6 Å². The molecule has 0 spiro atoms. The van der Waals surface area contributed by atoms with Gasteiger partial charge in [-0.05, 0) is 23.8 Å². The molecule has 0 bridgehead atoms. The van der Waals surface area contributed by atoms with E-state index in [9.17, 15) is 0 Å². The first-order chi connectivity index (χ1) is 9.34. The standard InChI is InChI=1S/C15H14N4/c16-13-10-18-14-4-2-1-3-12(14)15(13)19-9-11-5-7-17-8-6-11/h1-8,10H,9,16H2,(H,18,19). The molecule has 0 saturated carbocycles. The van der Waals surface area contributed by atoms with Crippen molar-refractivity contribution in [1.82, 2.24) is 9.97 Å². The van der Waals surface area contributed by atoms with Crippen molar-refractivity contribution in [2.24, 2.45) is 0 Å². The highest BCUT2D eigenvalue weighted by Gasteiger charge is 2.05. The topological polar surface area (TPSA) is 63.8 Å². The molecule has 94 valence electrons. The summed E-state index contributed by atoms with van der Waals surface area (Å²) in [6.45, 7) is 0.709. The molecule has 0 unspecified atom stereocenters. The number of hydrogen-bond donors (Lipinski definition) is 2. The third-order valence-corrected chi connectivity index (χ3v) is 3.02. The molecule has 4 nitrogen and oxygen atoms in total. The Bertz CT molecular complexity index is 695. The monoisotopic (exact) mass is 250 g/mol. The molecule has 0 radical (unpaired) electrons. The van der Waals surface area contributed by atoms with Crippen molar-refractivity contribution in [1.29, 1.82) is 0 Å². The highest BCUT2D eigenvalue weighted by molar-refractivity contribution is 5.96. The van der Waals surface area contributed by atoms with Gasteiger partial charge in [0.25, 0.3) is 0 Å². The Balaban J connectivity index is 1.94. The molecule has 0 aliphatic heterocycles. The summed E-state index contributed by atoms with van der Waals surface area (Å²) < 4.78 is 0. The number of pyridine rings is 2. The average molecular weight is 250 g/mol. The van der Waals surface area contributed by atoms with Gasteiger partial charge in [-0.25, -0.2) is 0 Å². The second-order valence-corrected chi connectivity index (χ2v) is 4.31. The number of hydrogen-bond acceptors (Lipinski definition) is 4. The SMILES string of the molecule is Nc1cnc2ccccc2c1NCc1ccncc1. The van der Waals surface area contributed by atoms with Crippen molar-refractivity contribution in [3.63, 3.8) is 0 Å². The van der Waals surface area contributed by atoms with Crippen LogP contribution in [0.2, 0.25) is 0 Å². The smallest absolute Gasteiger partial charge is 0.0743 e. The quantitative estimate of drug-likeness (QED) is 0.750. The summed E-state index contributed by atoms with van der Waals surface area (Å²) in [5, 5.41) is 4.42. The van der Waals surface area contributed by atoms with E-state index in [-0.39, 0.29) is 0 Å². The highest BCUT2D eigenvalue weighted by atomic mass is 14.9. The molecule has 3 aromatic rings. The molecule has 0 fully saturated rings. The van der Waals surface area contributed by atoms with E-state index in [1.54, 1.807) is 18.6 Å². The third-order valence-electron chi connectivity index (χ3n) is 3.02. The zero-order chi connectivity index (χ0) is 13.1. The van der Waals surface area contributed by atoms with Gasteiger partial charge in [-0.15, -0.1) is 0 Å². The normalized spacial score (nSPS) is 10.5. The van der Waals surface area contributed by atoms with Gasteiger partial charge < -0.3 is 11.1 Å². The number of anilines is 2. The molecule has 0 aliphatic rings. The van der Waals surface area contributed by atoms with E-state index >= 15 is 0 Å². The fraction of sp³-hybridized carbons (Fsp3) is 0.0667. The molecule has 19 heavy (non-hydrogen) atoms. The Hall–Kier alpha value is -2.62. The lowest BCUT2D eigenvalue weighted by atomic mass is 10.1. The van der Waals surface area contributed by atoms with Crippen LogP contribution in [0.25, 0.3) is 10.9 Å². The van der Waals surface area contributed by atoms with E-state index in [1.807, 2.05) is 36.4 Å². The Labute approximate surface area is 111 Å². The second-order valence-electron chi connectivity index (χ2n) is 4.31. The summed E-state index contributed by atoms with van der Waals surface area (Å²) >= 11 is 0. The van der Waals surface area contributed by atoms with Crippen LogP contribution in [0.3, 0.4) is 0 Å². The maximum Gasteiger partial charge on any atom is 0.0743 e. The van der Waals surface area contributed by atoms with E-state index in [2.05, 4.69) is 15.3 Å². The summed E-state index contributed by atoms with van der Waals surface area (Å²) in [5.74, 6) is 0. The van der Waals surface area contributed by atoms with E-state index < -0.39 is 0 Å². The Morgan fingerprint density at radius 3 is 2.68 bits per heavy atom. The molecule has 1 aromatic carbocycles. The van der Waals surface area contributed by atoms with E-state index in [1.165, 1.54) is 0 Å². The van der Waals surface area contributed by atoms with Gasteiger partial charge in [-0.1, -0.05) is 18.2 Å². The number of nitrogen functional groups attached to an aromatic ring is 1. The van der Waals surface area contributed by atoms with E-state index in [4.69, 9.17) is 5.73 Å². The Morgan fingerprint density at radius 2 is 1.84 bits per heavy atom. The third kappa shape index (κ3) is 2.33. The minimum absolute atomic E-state index is 0.660. The number of para-hydroxylation sites is 1. The number of nitrogens with zero attached hydrogens (tertiary/aromatic N) is 2. The summed E-state index contributed by atoms with van der Waals surface area (Å²) in [6.07, 6.45) is 5.26. The van der Waals surface area contributed by atoms with Crippen molar-refractivity contribution in [2.45, 2.75) is 6.54 Å². The van der Waals surface area contributed by atoms with Crippen LogP contribution in [0, 0.1) is 0 Å². The van der Waals surface area contributed by atoms with Gasteiger partial charge in [0.05, 0.1) is 23.1 Å². The van der Waals surface area contributed by atoms with Crippen LogP contribution in [0.4, 0.5) is 11.4 Å². The summed E-state index contributed by atoms with van der Waals surface area (Å²) in [4.78, 5) is 8.33. The average Bonchev–Trinajstić information content (AvgIpc) is 2.47.